The van der Waals surface area contributed by atoms with Gasteiger partial charge in [-0.3, -0.25) is 9.59 Å². The summed E-state index contributed by atoms with van der Waals surface area (Å²) >= 11 is 0. The van der Waals surface area contributed by atoms with Gasteiger partial charge in [0.1, 0.15) is 6.04 Å². The predicted octanol–water partition coefficient (Wildman–Crippen LogP) is -0.0310. The first kappa shape index (κ1) is 14.0. The minimum atomic E-state index is -0.436. The van der Waals surface area contributed by atoms with Gasteiger partial charge < -0.3 is 15.5 Å². The van der Waals surface area contributed by atoms with Crippen LogP contribution in [0.5, 0.6) is 0 Å². The molecule has 2 atom stereocenters. The van der Waals surface area contributed by atoms with Gasteiger partial charge in [-0.1, -0.05) is 0 Å². The highest BCUT2D eigenvalue weighted by Gasteiger charge is 2.25. The molecule has 1 heterocycles. The first-order valence-electron chi connectivity index (χ1n) is 6.32. The highest BCUT2D eigenvalue weighted by molar-refractivity contribution is 5.88. The molecular weight excluding hydrogens is 218 g/mol. The maximum atomic E-state index is 11.9. The second kappa shape index (κ2) is 6.59. The SMILES string of the molecule is CCN(C)C(=O)C(C)NC(=O)[C@H]1CCCNC1. The molecule has 0 aromatic heterocycles. The van der Waals surface area contributed by atoms with Crippen molar-refractivity contribution >= 4 is 11.8 Å². The largest absolute Gasteiger partial charge is 0.344 e. The summed E-state index contributed by atoms with van der Waals surface area (Å²) in [6, 6.07) is -0.436. The van der Waals surface area contributed by atoms with Crippen molar-refractivity contribution in [2.45, 2.75) is 32.7 Å². The van der Waals surface area contributed by atoms with E-state index in [1.165, 1.54) is 0 Å². The highest BCUT2D eigenvalue weighted by atomic mass is 16.2. The van der Waals surface area contributed by atoms with Gasteiger partial charge in [-0.05, 0) is 33.2 Å². The molecule has 5 heteroatoms. The van der Waals surface area contributed by atoms with Gasteiger partial charge >= 0.3 is 0 Å². The Bertz CT molecular complexity index is 275. The summed E-state index contributed by atoms with van der Waals surface area (Å²) in [5, 5.41) is 5.99. The fraction of sp³-hybridized carbons (Fsp3) is 0.833. The van der Waals surface area contributed by atoms with Gasteiger partial charge in [0.15, 0.2) is 0 Å². The number of amides is 2. The molecule has 1 aliphatic rings. The van der Waals surface area contributed by atoms with Crippen LogP contribution < -0.4 is 10.6 Å². The monoisotopic (exact) mass is 241 g/mol. The lowest BCUT2D eigenvalue weighted by atomic mass is 9.98. The van der Waals surface area contributed by atoms with E-state index in [9.17, 15) is 9.59 Å². The first-order valence-corrected chi connectivity index (χ1v) is 6.32. The lowest BCUT2D eigenvalue weighted by molar-refractivity contribution is -0.136. The van der Waals surface area contributed by atoms with Crippen molar-refractivity contribution < 1.29 is 9.59 Å². The van der Waals surface area contributed by atoms with E-state index in [-0.39, 0.29) is 17.7 Å². The molecule has 0 aromatic rings. The Balaban J connectivity index is 2.41. The lowest BCUT2D eigenvalue weighted by Crippen LogP contribution is -2.49. The Hall–Kier alpha value is -1.10. The number of piperidine rings is 1. The Kier molecular flexibility index (Phi) is 5.41. The summed E-state index contributed by atoms with van der Waals surface area (Å²) in [7, 11) is 1.74. The quantitative estimate of drug-likeness (QED) is 0.726. The average Bonchev–Trinajstić information content (AvgIpc) is 2.37. The number of carbonyl (C=O) groups excluding carboxylic acids is 2. The normalized spacial score (nSPS) is 21.7. The topological polar surface area (TPSA) is 61.4 Å². The van der Waals surface area contributed by atoms with Crippen molar-refractivity contribution in [1.29, 1.82) is 0 Å². The van der Waals surface area contributed by atoms with Crippen molar-refractivity contribution in [1.82, 2.24) is 15.5 Å². The van der Waals surface area contributed by atoms with Crippen LogP contribution in [0.4, 0.5) is 0 Å². The Morgan fingerprint density at radius 2 is 2.24 bits per heavy atom. The first-order chi connectivity index (χ1) is 8.06. The van der Waals surface area contributed by atoms with Crippen molar-refractivity contribution in [3.63, 3.8) is 0 Å². The van der Waals surface area contributed by atoms with E-state index in [1.807, 2.05) is 6.92 Å². The average molecular weight is 241 g/mol. The third-order valence-electron chi connectivity index (χ3n) is 3.25. The fourth-order valence-electron chi connectivity index (χ4n) is 1.96. The standard InChI is InChI=1S/C12H23N3O2/c1-4-15(3)12(17)9(2)14-11(16)10-6-5-7-13-8-10/h9-10,13H,4-8H2,1-3H3,(H,14,16)/t9?,10-/m0/s1. The maximum Gasteiger partial charge on any atom is 0.244 e. The van der Waals surface area contributed by atoms with Gasteiger partial charge in [0, 0.05) is 20.1 Å². The number of nitrogens with one attached hydrogen (secondary N) is 2. The molecule has 2 N–H and O–H groups in total. The van der Waals surface area contributed by atoms with Crippen LogP contribution in [0.3, 0.4) is 0 Å². The highest BCUT2D eigenvalue weighted by Crippen LogP contribution is 2.10. The van der Waals surface area contributed by atoms with Crippen LogP contribution in [-0.4, -0.2) is 49.4 Å². The van der Waals surface area contributed by atoms with E-state index in [0.29, 0.717) is 6.54 Å². The molecule has 1 fully saturated rings. The number of nitrogens with zero attached hydrogens (tertiary/aromatic N) is 1. The minimum absolute atomic E-state index is 0.00549. The van der Waals surface area contributed by atoms with E-state index >= 15 is 0 Å². The molecule has 0 aliphatic carbocycles. The van der Waals surface area contributed by atoms with Crippen molar-refractivity contribution in [3.8, 4) is 0 Å². The molecule has 1 unspecified atom stereocenters. The summed E-state index contributed by atoms with van der Waals surface area (Å²) in [6.07, 6.45) is 1.93. The molecule has 0 aromatic carbocycles. The summed E-state index contributed by atoms with van der Waals surface area (Å²) < 4.78 is 0. The zero-order chi connectivity index (χ0) is 12.8. The molecule has 1 rings (SSSR count). The number of hydrogen-bond acceptors (Lipinski definition) is 3. The Morgan fingerprint density at radius 1 is 1.53 bits per heavy atom. The summed E-state index contributed by atoms with van der Waals surface area (Å²) in [4.78, 5) is 25.3. The van der Waals surface area contributed by atoms with Gasteiger partial charge in [0.2, 0.25) is 11.8 Å². The zero-order valence-electron chi connectivity index (χ0n) is 11.0. The van der Waals surface area contributed by atoms with Gasteiger partial charge in [0.05, 0.1) is 5.92 Å². The molecule has 1 saturated heterocycles. The van der Waals surface area contributed by atoms with E-state index in [4.69, 9.17) is 0 Å². The van der Waals surface area contributed by atoms with Crippen LogP contribution in [0, 0.1) is 5.92 Å². The lowest BCUT2D eigenvalue weighted by Gasteiger charge is -2.25. The molecule has 5 nitrogen and oxygen atoms in total. The van der Waals surface area contributed by atoms with Crippen molar-refractivity contribution in [2.24, 2.45) is 5.92 Å². The Labute approximate surface area is 103 Å². The van der Waals surface area contributed by atoms with Gasteiger partial charge in [0.25, 0.3) is 0 Å². The zero-order valence-corrected chi connectivity index (χ0v) is 11.0. The second-order valence-corrected chi connectivity index (χ2v) is 4.63. The third-order valence-corrected chi connectivity index (χ3v) is 3.25. The fourth-order valence-corrected chi connectivity index (χ4v) is 1.96. The maximum absolute atomic E-state index is 11.9. The van der Waals surface area contributed by atoms with Crippen LogP contribution in [-0.2, 0) is 9.59 Å². The van der Waals surface area contributed by atoms with Gasteiger partial charge in [-0.15, -0.1) is 0 Å². The van der Waals surface area contributed by atoms with Crippen molar-refractivity contribution in [3.05, 3.63) is 0 Å². The summed E-state index contributed by atoms with van der Waals surface area (Å²) in [5.74, 6) is -0.0434. The van der Waals surface area contributed by atoms with Crippen LogP contribution in [0.2, 0.25) is 0 Å². The molecule has 0 saturated carbocycles. The molecule has 17 heavy (non-hydrogen) atoms. The number of carbonyl (C=O) groups is 2. The Morgan fingerprint density at radius 3 is 2.76 bits per heavy atom. The van der Waals surface area contributed by atoms with Gasteiger partial charge in [-0.25, -0.2) is 0 Å². The van der Waals surface area contributed by atoms with Crippen LogP contribution >= 0.6 is 0 Å². The molecule has 0 bridgehead atoms. The number of hydrogen-bond donors (Lipinski definition) is 2. The molecule has 1 aliphatic heterocycles. The molecule has 98 valence electrons. The number of likely N-dealkylation sites (N-methyl/N-ethyl adjacent to an activating group) is 1. The van der Waals surface area contributed by atoms with E-state index < -0.39 is 6.04 Å². The van der Waals surface area contributed by atoms with E-state index in [0.717, 1.165) is 25.9 Å². The molecule has 0 spiro atoms. The summed E-state index contributed by atoms with van der Waals surface area (Å²) in [6.45, 7) is 6.01. The van der Waals surface area contributed by atoms with Crippen LogP contribution in [0.15, 0.2) is 0 Å². The minimum Gasteiger partial charge on any atom is -0.344 e. The molecular formula is C12H23N3O2. The van der Waals surface area contributed by atoms with E-state index in [1.54, 1.807) is 18.9 Å². The number of rotatable bonds is 4. The van der Waals surface area contributed by atoms with Crippen LogP contribution in [0.1, 0.15) is 26.7 Å². The molecule has 0 radical (unpaired) electrons. The van der Waals surface area contributed by atoms with Crippen molar-refractivity contribution in [2.75, 3.05) is 26.7 Å². The second-order valence-electron chi connectivity index (χ2n) is 4.63. The van der Waals surface area contributed by atoms with E-state index in [2.05, 4.69) is 10.6 Å². The predicted molar refractivity (Wildman–Crippen MR) is 66.5 cm³/mol. The summed E-state index contributed by atoms with van der Waals surface area (Å²) in [5.41, 5.74) is 0. The smallest absolute Gasteiger partial charge is 0.244 e. The van der Waals surface area contributed by atoms with Crippen LogP contribution in [0.25, 0.3) is 0 Å². The molecule has 2 amide bonds. The van der Waals surface area contributed by atoms with Gasteiger partial charge in [-0.2, -0.15) is 0 Å². The third kappa shape index (κ3) is 4.00.